The Morgan fingerprint density at radius 1 is 1.13 bits per heavy atom. The molecule has 0 radical (unpaired) electrons. The van der Waals surface area contributed by atoms with Gasteiger partial charge in [-0.2, -0.15) is 0 Å². The highest BCUT2D eigenvalue weighted by Crippen LogP contribution is 2.19. The third-order valence-electron chi connectivity index (χ3n) is 4.54. The van der Waals surface area contributed by atoms with Crippen molar-refractivity contribution in [2.75, 3.05) is 32.8 Å². The molecule has 1 saturated heterocycles. The molecule has 0 spiro atoms. The smallest absolute Gasteiger partial charge is 0.436 e. The minimum atomic E-state index is -0.860. The molecule has 0 saturated carbocycles. The lowest BCUT2D eigenvalue weighted by atomic mass is 10.2. The fraction of sp³-hybridized carbons (Fsp3) is 0.318. The van der Waals surface area contributed by atoms with E-state index < -0.39 is 11.9 Å². The van der Waals surface area contributed by atoms with E-state index in [2.05, 4.69) is 11.6 Å². The number of amides is 2. The van der Waals surface area contributed by atoms with Crippen molar-refractivity contribution in [2.24, 2.45) is 16.5 Å². The number of ether oxygens (including phenoxy) is 1. The van der Waals surface area contributed by atoms with Gasteiger partial charge in [-0.1, -0.05) is 36.9 Å². The summed E-state index contributed by atoms with van der Waals surface area (Å²) in [5.74, 6) is -0.940. The van der Waals surface area contributed by atoms with Crippen molar-refractivity contribution in [1.82, 2.24) is 9.80 Å². The summed E-state index contributed by atoms with van der Waals surface area (Å²) >= 11 is 0. The second-order valence-electron chi connectivity index (χ2n) is 6.82. The lowest BCUT2D eigenvalue weighted by Gasteiger charge is -2.25. The SMILES string of the molecule is C=C(F)/C(=C\C=C/CCOC(=O)N=C(N)N)N1CCCN(C(=O)c2ccccc2)CC1. The van der Waals surface area contributed by atoms with Crippen LogP contribution in [0.25, 0.3) is 0 Å². The monoisotopic (exact) mass is 429 g/mol. The molecule has 1 aromatic carbocycles. The Labute approximate surface area is 181 Å². The number of carbonyl (C=O) groups excluding carboxylic acids is 2. The van der Waals surface area contributed by atoms with Crippen LogP contribution < -0.4 is 11.5 Å². The van der Waals surface area contributed by atoms with Crippen LogP contribution in [0.5, 0.6) is 0 Å². The third kappa shape index (κ3) is 7.96. The summed E-state index contributed by atoms with van der Waals surface area (Å²) in [5, 5.41) is 0. The first kappa shape index (κ1) is 23.7. The molecule has 1 fully saturated rings. The van der Waals surface area contributed by atoms with Crippen molar-refractivity contribution in [3.63, 3.8) is 0 Å². The van der Waals surface area contributed by atoms with Crippen LogP contribution >= 0.6 is 0 Å². The fourth-order valence-corrected chi connectivity index (χ4v) is 3.10. The van der Waals surface area contributed by atoms with Gasteiger partial charge >= 0.3 is 6.09 Å². The van der Waals surface area contributed by atoms with Gasteiger partial charge < -0.3 is 26.0 Å². The van der Waals surface area contributed by atoms with Crippen LogP contribution in [0, 0.1) is 0 Å². The zero-order valence-corrected chi connectivity index (χ0v) is 17.4. The average molecular weight is 429 g/mol. The molecular weight excluding hydrogens is 401 g/mol. The van der Waals surface area contributed by atoms with Crippen molar-refractivity contribution in [2.45, 2.75) is 12.8 Å². The standard InChI is InChI=1S/C22H28FN5O3/c1-17(23)19(11-6-3-7-16-31-22(30)26-21(24)25)27-12-8-13-28(15-14-27)20(29)18-9-4-2-5-10-18/h2-6,9-11H,1,7-8,12-16H2,(H4,24,25,26,30)/b6-3-,19-11+. The van der Waals surface area contributed by atoms with Gasteiger partial charge in [0.1, 0.15) is 5.83 Å². The number of rotatable bonds is 7. The lowest BCUT2D eigenvalue weighted by molar-refractivity contribution is 0.0763. The summed E-state index contributed by atoms with van der Waals surface area (Å²) in [5.41, 5.74) is 11.2. The van der Waals surface area contributed by atoms with Crippen LogP contribution in [0.15, 0.2) is 71.7 Å². The number of hydrogen-bond donors (Lipinski definition) is 2. The van der Waals surface area contributed by atoms with Crippen molar-refractivity contribution in [3.05, 3.63) is 72.2 Å². The lowest BCUT2D eigenvalue weighted by Crippen LogP contribution is -2.35. The number of aliphatic imine (C=N–C) groups is 1. The van der Waals surface area contributed by atoms with Gasteiger partial charge in [0.2, 0.25) is 0 Å². The zero-order valence-electron chi connectivity index (χ0n) is 17.4. The highest BCUT2D eigenvalue weighted by atomic mass is 19.1. The molecule has 0 atom stereocenters. The van der Waals surface area contributed by atoms with E-state index in [1.54, 1.807) is 35.3 Å². The Morgan fingerprint density at radius 3 is 2.48 bits per heavy atom. The van der Waals surface area contributed by atoms with E-state index in [0.29, 0.717) is 50.3 Å². The summed E-state index contributed by atoms with van der Waals surface area (Å²) in [4.78, 5) is 30.8. The Balaban J connectivity index is 1.91. The molecular formula is C22H28FN5O3. The predicted octanol–water partition coefficient (Wildman–Crippen LogP) is 2.56. The number of nitrogens with two attached hydrogens (primary N) is 2. The van der Waals surface area contributed by atoms with Crippen LogP contribution in [0.3, 0.4) is 0 Å². The van der Waals surface area contributed by atoms with Gasteiger partial charge in [-0.3, -0.25) is 4.79 Å². The number of benzene rings is 1. The molecule has 1 aromatic rings. The Morgan fingerprint density at radius 2 is 1.81 bits per heavy atom. The molecule has 2 amide bonds. The molecule has 0 aromatic heterocycles. The van der Waals surface area contributed by atoms with Gasteiger partial charge in [0.05, 0.1) is 12.3 Å². The normalized spacial score (nSPS) is 14.8. The Bertz CT molecular complexity index is 863. The number of guanidine groups is 1. The molecule has 31 heavy (non-hydrogen) atoms. The maximum Gasteiger partial charge on any atom is 0.436 e. The van der Waals surface area contributed by atoms with E-state index >= 15 is 0 Å². The summed E-state index contributed by atoms with van der Waals surface area (Å²) in [6.45, 7) is 5.72. The van der Waals surface area contributed by atoms with Crippen molar-refractivity contribution < 1.29 is 18.7 Å². The second kappa shape index (κ2) is 12.2. The van der Waals surface area contributed by atoms with Crippen LogP contribution in [0.1, 0.15) is 23.2 Å². The first-order valence-electron chi connectivity index (χ1n) is 9.95. The van der Waals surface area contributed by atoms with E-state index in [-0.39, 0.29) is 18.5 Å². The molecule has 1 aliphatic heterocycles. The van der Waals surface area contributed by atoms with Gasteiger partial charge in [0.25, 0.3) is 5.91 Å². The van der Waals surface area contributed by atoms with Gasteiger partial charge in [-0.15, -0.1) is 4.99 Å². The predicted molar refractivity (Wildman–Crippen MR) is 118 cm³/mol. The minimum Gasteiger partial charge on any atom is -0.448 e. The van der Waals surface area contributed by atoms with Crippen LogP contribution in [-0.4, -0.2) is 60.5 Å². The van der Waals surface area contributed by atoms with Crippen LogP contribution in [0.2, 0.25) is 0 Å². The fourth-order valence-electron chi connectivity index (χ4n) is 3.10. The summed E-state index contributed by atoms with van der Waals surface area (Å²) < 4.78 is 18.9. The van der Waals surface area contributed by atoms with Crippen molar-refractivity contribution in [1.29, 1.82) is 0 Å². The van der Waals surface area contributed by atoms with E-state index in [4.69, 9.17) is 16.2 Å². The second-order valence-corrected chi connectivity index (χ2v) is 6.82. The highest BCUT2D eigenvalue weighted by molar-refractivity contribution is 5.94. The van der Waals surface area contributed by atoms with Crippen molar-refractivity contribution in [3.8, 4) is 0 Å². The molecule has 8 nitrogen and oxygen atoms in total. The molecule has 166 valence electrons. The topological polar surface area (TPSA) is 114 Å². The zero-order chi connectivity index (χ0) is 22.6. The largest absolute Gasteiger partial charge is 0.448 e. The molecule has 1 heterocycles. The van der Waals surface area contributed by atoms with Crippen molar-refractivity contribution >= 4 is 18.0 Å². The molecule has 9 heteroatoms. The maximum absolute atomic E-state index is 14.1. The van der Waals surface area contributed by atoms with Gasteiger partial charge in [-0.25, -0.2) is 9.18 Å². The maximum atomic E-state index is 14.1. The molecule has 0 aliphatic carbocycles. The molecule has 2 rings (SSSR count). The van der Waals surface area contributed by atoms with E-state index in [1.807, 2.05) is 23.1 Å². The Kier molecular flexibility index (Phi) is 9.28. The Hall–Kier alpha value is -3.62. The van der Waals surface area contributed by atoms with Crippen LogP contribution in [0.4, 0.5) is 9.18 Å². The third-order valence-corrected chi connectivity index (χ3v) is 4.54. The minimum absolute atomic E-state index is 0.0257. The number of carbonyl (C=O) groups is 2. The van der Waals surface area contributed by atoms with Gasteiger partial charge in [0, 0.05) is 31.7 Å². The highest BCUT2D eigenvalue weighted by Gasteiger charge is 2.22. The van der Waals surface area contributed by atoms with E-state index in [1.165, 1.54) is 0 Å². The number of halogens is 1. The van der Waals surface area contributed by atoms with Gasteiger partial charge in [0.15, 0.2) is 5.96 Å². The average Bonchev–Trinajstić information content (AvgIpc) is 2.98. The molecule has 0 unspecified atom stereocenters. The van der Waals surface area contributed by atoms with Gasteiger partial charge in [-0.05, 0) is 31.1 Å². The summed E-state index contributed by atoms with van der Waals surface area (Å²) in [6, 6.07) is 9.11. The summed E-state index contributed by atoms with van der Waals surface area (Å²) in [7, 11) is 0. The summed E-state index contributed by atoms with van der Waals surface area (Å²) in [6.07, 6.45) is 5.29. The van der Waals surface area contributed by atoms with E-state index in [9.17, 15) is 14.0 Å². The van der Waals surface area contributed by atoms with E-state index in [0.717, 1.165) is 0 Å². The number of allylic oxidation sites excluding steroid dienone is 3. The first-order chi connectivity index (χ1) is 14.9. The van der Waals surface area contributed by atoms with Crippen LogP contribution in [-0.2, 0) is 4.74 Å². The molecule has 0 bridgehead atoms. The molecule has 1 aliphatic rings. The molecule has 4 N–H and O–H groups in total. The first-order valence-corrected chi connectivity index (χ1v) is 9.95. The quantitative estimate of drug-likeness (QED) is 0.298. The number of hydrogen-bond acceptors (Lipinski definition) is 4. The number of nitrogens with zero attached hydrogens (tertiary/aromatic N) is 3.